The molecule has 1 unspecified atom stereocenters. The Bertz CT molecular complexity index is 557. The highest BCUT2D eigenvalue weighted by Crippen LogP contribution is 2.18. The maximum Gasteiger partial charge on any atom is 0.271 e. The summed E-state index contributed by atoms with van der Waals surface area (Å²) in [6.45, 7) is 1.63. The number of amides is 1. The van der Waals surface area contributed by atoms with Crippen LogP contribution < -0.4 is 5.32 Å². The van der Waals surface area contributed by atoms with Crippen molar-refractivity contribution in [3.63, 3.8) is 0 Å². The van der Waals surface area contributed by atoms with Gasteiger partial charge >= 0.3 is 0 Å². The van der Waals surface area contributed by atoms with Gasteiger partial charge in [0.1, 0.15) is 17.3 Å². The Morgan fingerprint density at radius 3 is 2.83 bits per heavy atom. The number of nitrogens with one attached hydrogen (secondary N) is 1. The van der Waals surface area contributed by atoms with Crippen LogP contribution in [0.3, 0.4) is 0 Å². The third-order valence-corrected chi connectivity index (χ3v) is 3.03. The topological polar surface area (TPSA) is 42.0 Å². The van der Waals surface area contributed by atoms with Crippen LogP contribution in [0.1, 0.15) is 29.0 Å². The maximum absolute atomic E-state index is 13.5. The number of thiazole rings is 1. The first kappa shape index (κ1) is 12.6. The summed E-state index contributed by atoms with van der Waals surface area (Å²) in [6.07, 6.45) is 0. The molecule has 0 aliphatic heterocycles. The van der Waals surface area contributed by atoms with E-state index in [1.54, 1.807) is 12.3 Å². The van der Waals surface area contributed by atoms with E-state index >= 15 is 0 Å². The summed E-state index contributed by atoms with van der Waals surface area (Å²) in [5, 5.41) is 4.20. The van der Waals surface area contributed by atoms with Crippen molar-refractivity contribution < 1.29 is 13.6 Å². The zero-order chi connectivity index (χ0) is 13.1. The molecule has 6 heteroatoms. The molecule has 1 aromatic heterocycles. The predicted molar refractivity (Wildman–Crippen MR) is 64.4 cm³/mol. The van der Waals surface area contributed by atoms with Gasteiger partial charge < -0.3 is 5.32 Å². The number of halogens is 2. The molecule has 0 bridgehead atoms. The van der Waals surface area contributed by atoms with Gasteiger partial charge in [0.05, 0.1) is 11.6 Å². The van der Waals surface area contributed by atoms with Crippen molar-refractivity contribution in [1.82, 2.24) is 10.3 Å². The van der Waals surface area contributed by atoms with Gasteiger partial charge in [-0.25, -0.2) is 13.8 Å². The van der Waals surface area contributed by atoms with Crippen LogP contribution in [-0.4, -0.2) is 10.9 Å². The van der Waals surface area contributed by atoms with Gasteiger partial charge in [-0.1, -0.05) is 6.07 Å². The molecule has 0 aliphatic rings. The van der Waals surface area contributed by atoms with E-state index in [2.05, 4.69) is 10.3 Å². The van der Waals surface area contributed by atoms with Crippen LogP contribution in [0, 0.1) is 11.6 Å². The number of benzene rings is 1. The summed E-state index contributed by atoms with van der Waals surface area (Å²) in [5.41, 5.74) is 2.06. The Morgan fingerprint density at radius 2 is 2.22 bits per heavy atom. The standard InChI is InChI=1S/C12H10F2N2OS/c1-7(9-3-2-8(13)4-10(9)14)16-12(17)11-5-18-6-15-11/h2-7H,1H3,(H,16,17). The third kappa shape index (κ3) is 2.70. The lowest BCUT2D eigenvalue weighted by atomic mass is 10.1. The van der Waals surface area contributed by atoms with Gasteiger partial charge in [-0.2, -0.15) is 0 Å². The van der Waals surface area contributed by atoms with E-state index < -0.39 is 17.7 Å². The zero-order valence-electron chi connectivity index (χ0n) is 9.48. The first-order valence-corrected chi connectivity index (χ1v) is 6.16. The number of hydrogen-bond donors (Lipinski definition) is 1. The quantitative estimate of drug-likeness (QED) is 0.930. The Balaban J connectivity index is 2.12. The van der Waals surface area contributed by atoms with Crippen molar-refractivity contribution in [3.8, 4) is 0 Å². The third-order valence-electron chi connectivity index (χ3n) is 2.44. The molecule has 2 aromatic rings. The summed E-state index contributed by atoms with van der Waals surface area (Å²) >= 11 is 1.30. The Labute approximate surface area is 106 Å². The fourth-order valence-electron chi connectivity index (χ4n) is 1.53. The van der Waals surface area contributed by atoms with Gasteiger partial charge in [-0.3, -0.25) is 4.79 Å². The molecular weight excluding hydrogens is 258 g/mol. The van der Waals surface area contributed by atoms with E-state index in [0.717, 1.165) is 12.1 Å². The van der Waals surface area contributed by atoms with Crippen LogP contribution in [0.15, 0.2) is 29.1 Å². The molecule has 0 spiro atoms. The number of carbonyl (C=O) groups is 1. The SMILES string of the molecule is CC(NC(=O)c1cscn1)c1ccc(F)cc1F. The number of hydrogen-bond acceptors (Lipinski definition) is 3. The molecule has 2 rings (SSSR count). The van der Waals surface area contributed by atoms with E-state index in [0.29, 0.717) is 0 Å². The van der Waals surface area contributed by atoms with Crippen LogP contribution in [0.5, 0.6) is 0 Å². The maximum atomic E-state index is 13.5. The minimum Gasteiger partial charge on any atom is -0.344 e. The number of aromatic nitrogens is 1. The molecule has 18 heavy (non-hydrogen) atoms. The summed E-state index contributed by atoms with van der Waals surface area (Å²) < 4.78 is 26.2. The normalized spacial score (nSPS) is 12.2. The van der Waals surface area contributed by atoms with Crippen molar-refractivity contribution in [2.45, 2.75) is 13.0 Å². The van der Waals surface area contributed by atoms with Gasteiger partial charge in [0.2, 0.25) is 0 Å². The molecule has 0 radical (unpaired) electrons. The van der Waals surface area contributed by atoms with E-state index in [1.807, 2.05) is 0 Å². The molecule has 1 N–H and O–H groups in total. The summed E-state index contributed by atoms with van der Waals surface area (Å²) in [6, 6.07) is 2.71. The van der Waals surface area contributed by atoms with Crippen LogP contribution >= 0.6 is 11.3 Å². The first-order chi connectivity index (χ1) is 8.58. The molecule has 3 nitrogen and oxygen atoms in total. The highest BCUT2D eigenvalue weighted by molar-refractivity contribution is 7.07. The van der Waals surface area contributed by atoms with Crippen LogP contribution in [-0.2, 0) is 0 Å². The second-order valence-electron chi connectivity index (χ2n) is 3.73. The minimum absolute atomic E-state index is 0.236. The molecule has 1 aromatic carbocycles. The average Bonchev–Trinajstić information content (AvgIpc) is 2.81. The van der Waals surface area contributed by atoms with E-state index in [4.69, 9.17) is 0 Å². The van der Waals surface area contributed by atoms with Crippen molar-refractivity contribution in [3.05, 3.63) is 52.0 Å². The fraction of sp³-hybridized carbons (Fsp3) is 0.167. The molecule has 1 heterocycles. The lowest BCUT2D eigenvalue weighted by Crippen LogP contribution is -2.27. The smallest absolute Gasteiger partial charge is 0.271 e. The predicted octanol–water partition coefficient (Wildman–Crippen LogP) is 2.91. The van der Waals surface area contributed by atoms with Gasteiger partial charge in [0.15, 0.2) is 0 Å². The van der Waals surface area contributed by atoms with E-state index in [1.165, 1.54) is 22.9 Å². The van der Waals surface area contributed by atoms with Crippen molar-refractivity contribution in [1.29, 1.82) is 0 Å². The average molecular weight is 268 g/mol. The molecule has 0 fully saturated rings. The minimum atomic E-state index is -0.680. The van der Waals surface area contributed by atoms with Gasteiger partial charge in [-0.15, -0.1) is 11.3 Å². The summed E-state index contributed by atoms with van der Waals surface area (Å²) in [7, 11) is 0. The van der Waals surface area contributed by atoms with Gasteiger partial charge in [-0.05, 0) is 13.0 Å². The number of carbonyl (C=O) groups excluding carboxylic acids is 1. The molecule has 0 aliphatic carbocycles. The van der Waals surface area contributed by atoms with Gasteiger partial charge in [0.25, 0.3) is 5.91 Å². The number of nitrogens with zero attached hydrogens (tertiary/aromatic N) is 1. The lowest BCUT2D eigenvalue weighted by Gasteiger charge is -2.14. The van der Waals surface area contributed by atoms with E-state index in [-0.39, 0.29) is 17.2 Å². The highest BCUT2D eigenvalue weighted by atomic mass is 32.1. The molecule has 1 atom stereocenters. The van der Waals surface area contributed by atoms with Gasteiger partial charge in [0, 0.05) is 17.0 Å². The number of rotatable bonds is 3. The lowest BCUT2D eigenvalue weighted by molar-refractivity contribution is 0.0935. The Hall–Kier alpha value is -1.82. The van der Waals surface area contributed by atoms with Crippen LogP contribution in [0.4, 0.5) is 8.78 Å². The molecule has 1 amide bonds. The fourth-order valence-corrected chi connectivity index (χ4v) is 2.06. The van der Waals surface area contributed by atoms with Crippen molar-refractivity contribution in [2.75, 3.05) is 0 Å². The Kier molecular flexibility index (Phi) is 3.66. The monoisotopic (exact) mass is 268 g/mol. The highest BCUT2D eigenvalue weighted by Gasteiger charge is 2.16. The molecular formula is C12H10F2N2OS. The summed E-state index contributed by atoms with van der Waals surface area (Å²) in [4.78, 5) is 15.6. The second kappa shape index (κ2) is 5.22. The second-order valence-corrected chi connectivity index (χ2v) is 4.45. The largest absolute Gasteiger partial charge is 0.344 e. The molecule has 0 saturated heterocycles. The van der Waals surface area contributed by atoms with Crippen molar-refractivity contribution in [2.24, 2.45) is 0 Å². The zero-order valence-corrected chi connectivity index (χ0v) is 10.3. The van der Waals surface area contributed by atoms with Crippen LogP contribution in [0.2, 0.25) is 0 Å². The Morgan fingerprint density at radius 1 is 1.44 bits per heavy atom. The van der Waals surface area contributed by atoms with Crippen LogP contribution in [0.25, 0.3) is 0 Å². The first-order valence-electron chi connectivity index (χ1n) is 5.22. The summed E-state index contributed by atoms with van der Waals surface area (Å²) in [5.74, 6) is -1.71. The molecule has 94 valence electrons. The molecule has 0 saturated carbocycles. The van der Waals surface area contributed by atoms with Crippen molar-refractivity contribution >= 4 is 17.2 Å². The van der Waals surface area contributed by atoms with E-state index in [9.17, 15) is 13.6 Å².